The summed E-state index contributed by atoms with van der Waals surface area (Å²) in [4.78, 5) is 8.81. The van der Waals surface area contributed by atoms with Gasteiger partial charge in [0.25, 0.3) is 0 Å². The minimum Gasteiger partial charge on any atom is -0.396 e. The van der Waals surface area contributed by atoms with E-state index < -0.39 is 5.79 Å². The molecule has 0 bridgehead atoms. The van der Waals surface area contributed by atoms with Gasteiger partial charge in [-0.25, -0.2) is 9.97 Å². The van der Waals surface area contributed by atoms with E-state index in [1.54, 1.807) is 6.33 Å². The van der Waals surface area contributed by atoms with Crippen molar-refractivity contribution in [3.05, 3.63) is 47.8 Å². The summed E-state index contributed by atoms with van der Waals surface area (Å²) in [6.07, 6.45) is 4.32. The first-order chi connectivity index (χ1) is 14.0. The summed E-state index contributed by atoms with van der Waals surface area (Å²) in [7, 11) is 0. The van der Waals surface area contributed by atoms with Gasteiger partial charge in [-0.15, -0.1) is 0 Å². The molecule has 2 fully saturated rings. The second-order valence-electron chi connectivity index (χ2n) is 8.72. The number of aryl methyl sites for hydroxylation is 1. The molecule has 0 amide bonds. The second kappa shape index (κ2) is 7.23. The number of rotatable bonds is 5. The van der Waals surface area contributed by atoms with Crippen molar-refractivity contribution in [1.29, 1.82) is 0 Å². The summed E-state index contributed by atoms with van der Waals surface area (Å²) in [6, 6.07) is 10.8. The predicted octanol–water partition coefficient (Wildman–Crippen LogP) is 2.89. The number of hydrogen-bond donors (Lipinski definition) is 3. The number of ether oxygens (including phenoxy) is 2. The Morgan fingerprint density at radius 3 is 2.69 bits per heavy atom. The molecule has 3 aliphatic rings. The van der Waals surface area contributed by atoms with Gasteiger partial charge in [-0.2, -0.15) is 0 Å². The average Bonchev–Trinajstić information content (AvgIpc) is 3.34. The third-order valence-electron chi connectivity index (χ3n) is 6.27. The van der Waals surface area contributed by atoms with Crippen molar-refractivity contribution >= 4 is 11.6 Å². The fraction of sp³-hybridized carbons (Fsp3) is 0.545. The van der Waals surface area contributed by atoms with Crippen molar-refractivity contribution in [3.63, 3.8) is 0 Å². The van der Waals surface area contributed by atoms with E-state index >= 15 is 0 Å². The fourth-order valence-corrected chi connectivity index (χ4v) is 5.00. The third-order valence-corrected chi connectivity index (χ3v) is 6.27. The lowest BCUT2D eigenvalue weighted by molar-refractivity contribution is -0.158. The van der Waals surface area contributed by atoms with E-state index in [1.807, 2.05) is 19.9 Å². The molecular formula is C22H28N4O3. The van der Waals surface area contributed by atoms with E-state index in [-0.39, 0.29) is 36.8 Å². The van der Waals surface area contributed by atoms with Gasteiger partial charge in [-0.1, -0.05) is 24.3 Å². The zero-order valence-corrected chi connectivity index (χ0v) is 16.8. The summed E-state index contributed by atoms with van der Waals surface area (Å²) in [6.45, 7) is 3.93. The molecule has 2 aromatic rings. The van der Waals surface area contributed by atoms with Crippen LogP contribution in [0.3, 0.4) is 0 Å². The molecule has 2 heterocycles. The first-order valence-corrected chi connectivity index (χ1v) is 10.4. The fourth-order valence-electron chi connectivity index (χ4n) is 5.00. The van der Waals surface area contributed by atoms with Gasteiger partial charge in [0, 0.05) is 18.6 Å². The number of benzene rings is 1. The number of hydrogen-bond acceptors (Lipinski definition) is 7. The Labute approximate surface area is 170 Å². The molecule has 7 heteroatoms. The number of anilines is 2. The van der Waals surface area contributed by atoms with Crippen LogP contribution in [0.2, 0.25) is 0 Å². The molecule has 2 aliphatic carbocycles. The molecule has 5 atom stereocenters. The highest BCUT2D eigenvalue weighted by atomic mass is 16.8. The monoisotopic (exact) mass is 396 g/mol. The summed E-state index contributed by atoms with van der Waals surface area (Å²) in [5.41, 5.74) is 2.76. The number of nitrogens with zero attached hydrogens (tertiary/aromatic N) is 2. The molecular weight excluding hydrogens is 368 g/mol. The number of aromatic nitrogens is 2. The van der Waals surface area contributed by atoms with Gasteiger partial charge in [-0.3, -0.25) is 0 Å². The predicted molar refractivity (Wildman–Crippen MR) is 110 cm³/mol. The van der Waals surface area contributed by atoms with E-state index in [0.29, 0.717) is 0 Å². The molecule has 1 aliphatic heterocycles. The summed E-state index contributed by atoms with van der Waals surface area (Å²) >= 11 is 0. The Balaban J connectivity index is 1.30. The van der Waals surface area contributed by atoms with Crippen LogP contribution < -0.4 is 10.6 Å². The minimum absolute atomic E-state index is 0.0360. The zero-order valence-electron chi connectivity index (χ0n) is 16.8. The van der Waals surface area contributed by atoms with Gasteiger partial charge >= 0.3 is 0 Å². The summed E-state index contributed by atoms with van der Waals surface area (Å²) in [5.74, 6) is 0.997. The van der Waals surface area contributed by atoms with Crippen molar-refractivity contribution in [3.8, 4) is 0 Å². The highest BCUT2D eigenvalue weighted by Gasteiger charge is 2.53. The van der Waals surface area contributed by atoms with Gasteiger partial charge in [0.1, 0.15) is 24.1 Å². The first kappa shape index (κ1) is 18.8. The van der Waals surface area contributed by atoms with Crippen molar-refractivity contribution in [1.82, 2.24) is 9.97 Å². The normalized spacial score (nSPS) is 32.0. The largest absolute Gasteiger partial charge is 0.396 e. The lowest BCUT2D eigenvalue weighted by atomic mass is 10.1. The summed E-state index contributed by atoms with van der Waals surface area (Å²) < 4.78 is 12.1. The number of nitrogens with one attached hydrogen (secondary N) is 2. The molecule has 5 rings (SSSR count). The number of fused-ring (bicyclic) bond motifs is 2. The van der Waals surface area contributed by atoms with Crippen LogP contribution >= 0.6 is 0 Å². The first-order valence-electron chi connectivity index (χ1n) is 10.4. The van der Waals surface area contributed by atoms with Crippen LogP contribution in [-0.4, -0.2) is 45.7 Å². The lowest BCUT2D eigenvalue weighted by Gasteiger charge is -2.24. The maximum Gasteiger partial charge on any atom is 0.163 e. The van der Waals surface area contributed by atoms with E-state index in [9.17, 15) is 5.11 Å². The van der Waals surface area contributed by atoms with Gasteiger partial charge in [0.15, 0.2) is 5.79 Å². The van der Waals surface area contributed by atoms with Crippen LogP contribution in [0.15, 0.2) is 36.7 Å². The Kier molecular flexibility index (Phi) is 4.69. The van der Waals surface area contributed by atoms with Crippen molar-refractivity contribution in [2.75, 3.05) is 17.2 Å². The smallest absolute Gasteiger partial charge is 0.163 e. The Bertz CT molecular complexity index is 890. The Morgan fingerprint density at radius 2 is 1.86 bits per heavy atom. The van der Waals surface area contributed by atoms with Crippen molar-refractivity contribution in [2.45, 2.75) is 63.2 Å². The van der Waals surface area contributed by atoms with Crippen molar-refractivity contribution in [2.24, 2.45) is 5.92 Å². The maximum atomic E-state index is 9.75. The SMILES string of the molecule is CC1(C)O[C@@H]2[C@@H](CO)C[C@@H](Nc3cc(NC4CCc5ccccc54)ncn3)[C@@H]2O1. The number of aliphatic hydroxyl groups is 1. The highest BCUT2D eigenvalue weighted by molar-refractivity contribution is 5.50. The van der Waals surface area contributed by atoms with Crippen LogP contribution in [0.1, 0.15) is 43.9 Å². The van der Waals surface area contributed by atoms with Gasteiger partial charge in [0.05, 0.1) is 18.2 Å². The van der Waals surface area contributed by atoms with Gasteiger partial charge in [-0.05, 0) is 44.2 Å². The van der Waals surface area contributed by atoms with Crippen LogP contribution in [0, 0.1) is 5.92 Å². The molecule has 1 saturated carbocycles. The standard InChI is InChI=1S/C22H28N4O3/c1-22(2)28-20-14(11-27)9-17(21(20)29-22)26-19-10-18(23-12-24-19)25-16-8-7-13-5-3-4-6-15(13)16/h3-6,10,12,14,16-17,20-21,27H,7-9,11H2,1-2H3,(H2,23,24,25,26)/t14-,16?,17-,20-,21+/m1/s1. The molecule has 1 aromatic heterocycles. The Hall–Kier alpha value is -2.22. The van der Waals surface area contributed by atoms with Gasteiger partial charge < -0.3 is 25.2 Å². The quantitative estimate of drug-likeness (QED) is 0.716. The van der Waals surface area contributed by atoms with E-state index in [4.69, 9.17) is 9.47 Å². The van der Waals surface area contributed by atoms with Crippen LogP contribution in [-0.2, 0) is 15.9 Å². The molecule has 1 saturated heterocycles. The summed E-state index contributed by atoms with van der Waals surface area (Å²) in [5, 5.41) is 16.8. The lowest BCUT2D eigenvalue weighted by Crippen LogP contribution is -2.34. The average molecular weight is 396 g/mol. The molecule has 0 spiro atoms. The molecule has 1 aromatic carbocycles. The topological polar surface area (TPSA) is 88.5 Å². The molecule has 3 N–H and O–H groups in total. The minimum atomic E-state index is -0.628. The molecule has 7 nitrogen and oxygen atoms in total. The van der Waals surface area contributed by atoms with Crippen LogP contribution in [0.25, 0.3) is 0 Å². The molecule has 29 heavy (non-hydrogen) atoms. The van der Waals surface area contributed by atoms with Crippen LogP contribution in [0.5, 0.6) is 0 Å². The molecule has 0 radical (unpaired) electrons. The van der Waals surface area contributed by atoms with E-state index in [0.717, 1.165) is 30.9 Å². The van der Waals surface area contributed by atoms with Crippen molar-refractivity contribution < 1.29 is 14.6 Å². The second-order valence-corrected chi connectivity index (χ2v) is 8.72. The number of aliphatic hydroxyl groups excluding tert-OH is 1. The maximum absolute atomic E-state index is 9.75. The Morgan fingerprint density at radius 1 is 1.10 bits per heavy atom. The van der Waals surface area contributed by atoms with E-state index in [1.165, 1.54) is 11.1 Å². The van der Waals surface area contributed by atoms with Gasteiger partial charge in [0.2, 0.25) is 0 Å². The molecule has 1 unspecified atom stereocenters. The van der Waals surface area contributed by atoms with E-state index in [2.05, 4.69) is 44.9 Å². The highest BCUT2D eigenvalue weighted by Crippen LogP contribution is 2.42. The third kappa shape index (κ3) is 3.58. The zero-order chi connectivity index (χ0) is 20.0. The molecule has 154 valence electrons. The van der Waals surface area contributed by atoms with Crippen LogP contribution in [0.4, 0.5) is 11.6 Å².